The average Bonchev–Trinajstić information content (AvgIpc) is 3.36. The Kier molecular flexibility index (Phi) is 7.58. The lowest BCUT2D eigenvalue weighted by atomic mass is 9.87. The third kappa shape index (κ3) is 5.28. The van der Waals surface area contributed by atoms with Crippen LogP contribution in [-0.2, 0) is 11.3 Å². The molecule has 0 fully saturated rings. The number of nitrogens with zero attached hydrogens (tertiary/aromatic N) is 1. The minimum atomic E-state index is 0.0219. The van der Waals surface area contributed by atoms with E-state index in [1.807, 2.05) is 66.4 Å². The number of ether oxygens (including phenoxy) is 4. The molecule has 178 valence electrons. The number of hydrogen-bond donors (Lipinski definition) is 0. The van der Waals surface area contributed by atoms with Crippen molar-refractivity contribution in [1.29, 1.82) is 0 Å². The molecular weight excluding hydrogens is 430 g/mol. The predicted molar refractivity (Wildman–Crippen MR) is 131 cm³/mol. The predicted octanol–water partition coefficient (Wildman–Crippen LogP) is 5.39. The fourth-order valence-corrected chi connectivity index (χ4v) is 4.34. The number of methoxy groups -OCH3 is 2. The van der Waals surface area contributed by atoms with Gasteiger partial charge in [-0.2, -0.15) is 0 Å². The Labute approximate surface area is 201 Å². The number of fused-ring (bicyclic) bond motifs is 1. The first-order valence-corrected chi connectivity index (χ1v) is 11.6. The number of hydrogen-bond acceptors (Lipinski definition) is 5. The summed E-state index contributed by atoms with van der Waals surface area (Å²) in [6.45, 7) is 3.30. The lowest BCUT2D eigenvalue weighted by Crippen LogP contribution is -2.31. The van der Waals surface area contributed by atoms with Crippen LogP contribution in [0.1, 0.15) is 42.4 Å². The summed E-state index contributed by atoms with van der Waals surface area (Å²) < 4.78 is 22.1. The van der Waals surface area contributed by atoms with E-state index in [1.165, 1.54) is 0 Å². The van der Waals surface area contributed by atoms with Gasteiger partial charge in [0.1, 0.15) is 11.5 Å². The minimum Gasteiger partial charge on any atom is -0.497 e. The number of amides is 1. The number of para-hydroxylation sites is 1. The molecule has 0 N–H and O–H groups in total. The topological polar surface area (TPSA) is 57.2 Å². The summed E-state index contributed by atoms with van der Waals surface area (Å²) in [4.78, 5) is 14.8. The van der Waals surface area contributed by atoms with Crippen LogP contribution >= 0.6 is 0 Å². The minimum absolute atomic E-state index is 0.0219. The highest BCUT2D eigenvalue weighted by molar-refractivity contribution is 5.75. The molecule has 1 aliphatic rings. The highest BCUT2D eigenvalue weighted by atomic mass is 16.7. The van der Waals surface area contributed by atoms with Crippen LogP contribution in [0.3, 0.4) is 0 Å². The van der Waals surface area contributed by atoms with Crippen molar-refractivity contribution in [1.82, 2.24) is 4.90 Å². The van der Waals surface area contributed by atoms with E-state index < -0.39 is 0 Å². The van der Waals surface area contributed by atoms with Gasteiger partial charge in [0.05, 0.1) is 14.2 Å². The molecule has 6 nitrogen and oxygen atoms in total. The van der Waals surface area contributed by atoms with Crippen LogP contribution in [0.25, 0.3) is 0 Å². The van der Waals surface area contributed by atoms with Gasteiger partial charge in [0.15, 0.2) is 11.5 Å². The van der Waals surface area contributed by atoms with Gasteiger partial charge in [-0.05, 0) is 47.9 Å². The summed E-state index contributed by atoms with van der Waals surface area (Å²) in [5.41, 5.74) is 3.25. The Morgan fingerprint density at radius 2 is 1.74 bits per heavy atom. The van der Waals surface area contributed by atoms with E-state index in [2.05, 4.69) is 12.1 Å². The summed E-state index contributed by atoms with van der Waals surface area (Å²) in [6.07, 6.45) is 1.20. The van der Waals surface area contributed by atoms with Gasteiger partial charge in [-0.25, -0.2) is 0 Å². The summed E-state index contributed by atoms with van der Waals surface area (Å²) in [7, 11) is 3.34. The second-order valence-electron chi connectivity index (χ2n) is 8.21. The zero-order chi connectivity index (χ0) is 23.9. The van der Waals surface area contributed by atoms with Gasteiger partial charge in [-0.3, -0.25) is 4.79 Å². The number of rotatable bonds is 10. The molecule has 0 aromatic heterocycles. The number of benzene rings is 3. The molecule has 0 radical (unpaired) electrons. The van der Waals surface area contributed by atoms with Crippen LogP contribution in [0.4, 0.5) is 0 Å². The molecule has 0 saturated heterocycles. The van der Waals surface area contributed by atoms with E-state index in [-0.39, 0.29) is 18.6 Å². The van der Waals surface area contributed by atoms with Crippen LogP contribution in [0.15, 0.2) is 66.7 Å². The molecule has 4 rings (SSSR count). The molecule has 3 aromatic rings. The molecule has 1 unspecified atom stereocenters. The summed E-state index contributed by atoms with van der Waals surface area (Å²) in [5.74, 6) is 3.28. The molecule has 1 heterocycles. The quantitative estimate of drug-likeness (QED) is 0.405. The number of carbonyl (C=O) groups excluding carboxylic acids is 1. The van der Waals surface area contributed by atoms with Crippen molar-refractivity contribution in [3.8, 4) is 23.0 Å². The highest BCUT2D eigenvalue weighted by Gasteiger charge is 2.24. The molecular formula is C28H31NO5. The molecule has 6 heteroatoms. The van der Waals surface area contributed by atoms with Crippen molar-refractivity contribution in [3.63, 3.8) is 0 Å². The maximum Gasteiger partial charge on any atom is 0.231 e. The Bertz CT molecular complexity index is 1110. The van der Waals surface area contributed by atoms with Crippen LogP contribution in [0, 0.1) is 0 Å². The van der Waals surface area contributed by atoms with E-state index >= 15 is 0 Å². The molecule has 34 heavy (non-hydrogen) atoms. The normalized spacial score (nSPS) is 12.8. The van der Waals surface area contributed by atoms with Crippen LogP contribution in [0.2, 0.25) is 0 Å². The SMILES string of the molecule is CCC(=O)N(CCC(c1ccc2c(c1)OCO2)c1ccccc1OC)Cc1ccc(OC)cc1. The second kappa shape index (κ2) is 11.0. The van der Waals surface area contributed by atoms with Gasteiger partial charge in [0, 0.05) is 31.0 Å². The van der Waals surface area contributed by atoms with Gasteiger partial charge in [0.25, 0.3) is 0 Å². The fraction of sp³-hybridized carbons (Fsp3) is 0.321. The Morgan fingerprint density at radius 1 is 0.971 bits per heavy atom. The summed E-state index contributed by atoms with van der Waals surface area (Å²) in [6, 6.07) is 22.0. The van der Waals surface area contributed by atoms with E-state index in [0.29, 0.717) is 19.5 Å². The van der Waals surface area contributed by atoms with Gasteiger partial charge in [0.2, 0.25) is 12.7 Å². The first kappa shape index (κ1) is 23.5. The molecule has 0 spiro atoms. The van der Waals surface area contributed by atoms with Crippen LogP contribution < -0.4 is 18.9 Å². The maximum absolute atomic E-state index is 12.8. The number of carbonyl (C=O) groups is 1. The maximum atomic E-state index is 12.8. The smallest absolute Gasteiger partial charge is 0.231 e. The van der Waals surface area contributed by atoms with Crippen molar-refractivity contribution < 1.29 is 23.7 Å². The van der Waals surface area contributed by atoms with Crippen molar-refractivity contribution in [2.24, 2.45) is 0 Å². The fourth-order valence-electron chi connectivity index (χ4n) is 4.34. The van der Waals surface area contributed by atoms with Gasteiger partial charge >= 0.3 is 0 Å². The Morgan fingerprint density at radius 3 is 2.47 bits per heavy atom. The van der Waals surface area contributed by atoms with E-state index in [9.17, 15) is 4.79 Å². The van der Waals surface area contributed by atoms with Gasteiger partial charge < -0.3 is 23.8 Å². The first-order chi connectivity index (χ1) is 16.6. The van der Waals surface area contributed by atoms with Crippen molar-refractivity contribution in [2.45, 2.75) is 32.2 Å². The monoisotopic (exact) mass is 461 g/mol. The average molecular weight is 462 g/mol. The van der Waals surface area contributed by atoms with Crippen LogP contribution in [0.5, 0.6) is 23.0 Å². The zero-order valence-corrected chi connectivity index (χ0v) is 20.0. The first-order valence-electron chi connectivity index (χ1n) is 11.6. The lowest BCUT2D eigenvalue weighted by molar-refractivity contribution is -0.131. The van der Waals surface area contributed by atoms with Crippen LogP contribution in [-0.4, -0.2) is 38.4 Å². The molecule has 1 atom stereocenters. The lowest BCUT2D eigenvalue weighted by Gasteiger charge is -2.27. The van der Waals surface area contributed by atoms with E-state index in [1.54, 1.807) is 14.2 Å². The third-order valence-electron chi connectivity index (χ3n) is 6.19. The van der Waals surface area contributed by atoms with Crippen molar-refractivity contribution in [2.75, 3.05) is 27.6 Å². The third-order valence-corrected chi connectivity index (χ3v) is 6.19. The van der Waals surface area contributed by atoms with E-state index in [4.69, 9.17) is 18.9 Å². The Hall–Kier alpha value is -3.67. The summed E-state index contributed by atoms with van der Waals surface area (Å²) in [5, 5.41) is 0. The molecule has 0 bridgehead atoms. The standard InChI is InChI=1S/C28H31NO5/c1-4-28(30)29(18-20-9-12-22(31-2)13-10-20)16-15-23(24-7-5-6-8-25(24)32-3)21-11-14-26-27(17-21)34-19-33-26/h5-14,17,23H,4,15-16,18-19H2,1-3H3. The molecule has 0 aliphatic carbocycles. The van der Waals surface area contributed by atoms with Gasteiger partial charge in [-0.15, -0.1) is 0 Å². The highest BCUT2D eigenvalue weighted by Crippen LogP contribution is 2.40. The molecule has 1 aliphatic heterocycles. The summed E-state index contributed by atoms with van der Waals surface area (Å²) >= 11 is 0. The van der Waals surface area contributed by atoms with E-state index in [0.717, 1.165) is 46.1 Å². The molecule has 0 saturated carbocycles. The molecule has 3 aromatic carbocycles. The van der Waals surface area contributed by atoms with Crippen molar-refractivity contribution >= 4 is 5.91 Å². The second-order valence-corrected chi connectivity index (χ2v) is 8.21. The van der Waals surface area contributed by atoms with Crippen molar-refractivity contribution in [3.05, 3.63) is 83.4 Å². The van der Waals surface area contributed by atoms with Gasteiger partial charge in [-0.1, -0.05) is 43.3 Å². The Balaban J connectivity index is 1.60. The largest absolute Gasteiger partial charge is 0.497 e. The zero-order valence-electron chi connectivity index (χ0n) is 20.0. The molecule has 1 amide bonds.